The van der Waals surface area contributed by atoms with Gasteiger partial charge in [-0.25, -0.2) is 0 Å². The second-order valence-electron chi connectivity index (χ2n) is 6.60. The van der Waals surface area contributed by atoms with Crippen molar-refractivity contribution in [3.8, 4) is 11.5 Å². The molecule has 1 N–H and O–H groups in total. The molecule has 152 valence electrons. The highest BCUT2D eigenvalue weighted by Crippen LogP contribution is 2.26. The molecular formula is C21H22Cl2N4O2. The van der Waals surface area contributed by atoms with Crippen LogP contribution in [0.3, 0.4) is 0 Å². The predicted molar refractivity (Wildman–Crippen MR) is 114 cm³/mol. The van der Waals surface area contributed by atoms with Crippen LogP contribution in [0.1, 0.15) is 24.8 Å². The van der Waals surface area contributed by atoms with Gasteiger partial charge in [-0.1, -0.05) is 54.4 Å². The molecule has 2 aromatic carbocycles. The first-order valence-corrected chi connectivity index (χ1v) is 10.1. The number of halogens is 2. The normalized spacial score (nSPS) is 11.0. The molecule has 0 aliphatic carbocycles. The van der Waals surface area contributed by atoms with Gasteiger partial charge < -0.3 is 9.73 Å². The number of benzene rings is 2. The van der Waals surface area contributed by atoms with Crippen molar-refractivity contribution in [2.75, 3.05) is 13.1 Å². The van der Waals surface area contributed by atoms with Crippen LogP contribution >= 0.6 is 23.2 Å². The monoisotopic (exact) mass is 432 g/mol. The van der Waals surface area contributed by atoms with E-state index >= 15 is 0 Å². The van der Waals surface area contributed by atoms with Gasteiger partial charge in [0, 0.05) is 11.6 Å². The molecule has 0 aliphatic rings. The standard InChI is InChI=1S/C21H22Cl2N4O2/c1-2-10-27(13-19(28)24-12-15-6-5-7-16(22)11-15)14-20-25-26-21(29-20)17-8-3-4-9-18(17)23/h3-9,11H,2,10,12-14H2,1H3,(H,24,28). The molecular weight excluding hydrogens is 411 g/mol. The van der Waals surface area contributed by atoms with Crippen LogP contribution in [0.4, 0.5) is 0 Å². The minimum absolute atomic E-state index is 0.0794. The maximum Gasteiger partial charge on any atom is 0.249 e. The highest BCUT2D eigenvalue weighted by molar-refractivity contribution is 6.33. The smallest absolute Gasteiger partial charge is 0.249 e. The zero-order chi connectivity index (χ0) is 20.6. The Balaban J connectivity index is 1.58. The Hall–Kier alpha value is -2.41. The quantitative estimate of drug-likeness (QED) is 0.535. The topological polar surface area (TPSA) is 71.3 Å². The van der Waals surface area contributed by atoms with Crippen molar-refractivity contribution in [1.29, 1.82) is 0 Å². The average Bonchev–Trinajstić information content (AvgIpc) is 3.15. The zero-order valence-electron chi connectivity index (χ0n) is 16.1. The van der Waals surface area contributed by atoms with Crippen molar-refractivity contribution in [3.63, 3.8) is 0 Å². The summed E-state index contributed by atoms with van der Waals surface area (Å²) >= 11 is 12.2. The van der Waals surface area contributed by atoms with E-state index in [4.69, 9.17) is 27.6 Å². The minimum Gasteiger partial charge on any atom is -0.419 e. The van der Waals surface area contributed by atoms with Gasteiger partial charge in [-0.2, -0.15) is 0 Å². The molecule has 6 nitrogen and oxygen atoms in total. The zero-order valence-corrected chi connectivity index (χ0v) is 17.6. The second-order valence-corrected chi connectivity index (χ2v) is 7.44. The first-order chi connectivity index (χ1) is 14.0. The summed E-state index contributed by atoms with van der Waals surface area (Å²) < 4.78 is 5.76. The number of rotatable bonds is 9. The molecule has 0 radical (unpaired) electrons. The van der Waals surface area contributed by atoms with Gasteiger partial charge in [-0.15, -0.1) is 10.2 Å². The van der Waals surface area contributed by atoms with Crippen LogP contribution in [0.15, 0.2) is 52.9 Å². The summed E-state index contributed by atoms with van der Waals surface area (Å²) in [6, 6.07) is 14.7. The summed E-state index contributed by atoms with van der Waals surface area (Å²) in [6.45, 7) is 3.83. The lowest BCUT2D eigenvalue weighted by Gasteiger charge is -2.19. The summed E-state index contributed by atoms with van der Waals surface area (Å²) in [7, 11) is 0. The molecule has 3 rings (SSSR count). The lowest BCUT2D eigenvalue weighted by atomic mass is 10.2. The first kappa shape index (κ1) is 21.3. The molecule has 0 bridgehead atoms. The Labute approximate surface area is 179 Å². The van der Waals surface area contributed by atoms with Crippen molar-refractivity contribution in [1.82, 2.24) is 20.4 Å². The number of aromatic nitrogens is 2. The van der Waals surface area contributed by atoms with E-state index in [0.29, 0.717) is 40.5 Å². The van der Waals surface area contributed by atoms with Crippen LogP contribution in [0.25, 0.3) is 11.5 Å². The second kappa shape index (κ2) is 10.4. The number of nitrogens with one attached hydrogen (secondary N) is 1. The number of hydrogen-bond acceptors (Lipinski definition) is 5. The van der Waals surface area contributed by atoms with E-state index in [1.54, 1.807) is 12.1 Å². The Morgan fingerprint density at radius 1 is 1.14 bits per heavy atom. The van der Waals surface area contributed by atoms with E-state index in [9.17, 15) is 4.79 Å². The number of carbonyl (C=O) groups excluding carboxylic acids is 1. The van der Waals surface area contributed by atoms with Gasteiger partial charge in [0.25, 0.3) is 0 Å². The van der Waals surface area contributed by atoms with Gasteiger partial charge in [0.2, 0.25) is 17.7 Å². The van der Waals surface area contributed by atoms with Gasteiger partial charge in [0.1, 0.15) is 0 Å². The molecule has 0 unspecified atom stereocenters. The highest BCUT2D eigenvalue weighted by Gasteiger charge is 2.16. The van der Waals surface area contributed by atoms with Gasteiger partial charge in [-0.3, -0.25) is 9.69 Å². The maximum absolute atomic E-state index is 12.4. The lowest BCUT2D eigenvalue weighted by molar-refractivity contribution is -0.122. The third-order valence-electron chi connectivity index (χ3n) is 4.22. The van der Waals surface area contributed by atoms with E-state index in [0.717, 1.165) is 18.5 Å². The average molecular weight is 433 g/mol. The Kier molecular flexibility index (Phi) is 7.63. The molecule has 0 fully saturated rings. The number of nitrogens with zero attached hydrogens (tertiary/aromatic N) is 3. The fraction of sp³-hybridized carbons (Fsp3) is 0.286. The van der Waals surface area contributed by atoms with Crippen molar-refractivity contribution >= 4 is 29.1 Å². The molecule has 3 aromatic rings. The first-order valence-electron chi connectivity index (χ1n) is 9.36. The number of amides is 1. The van der Waals surface area contributed by atoms with E-state index in [1.165, 1.54) is 0 Å². The van der Waals surface area contributed by atoms with Gasteiger partial charge in [-0.05, 0) is 42.8 Å². The summed E-state index contributed by atoms with van der Waals surface area (Å²) in [5, 5.41) is 12.3. The molecule has 1 heterocycles. The summed E-state index contributed by atoms with van der Waals surface area (Å²) in [5.74, 6) is 0.729. The summed E-state index contributed by atoms with van der Waals surface area (Å²) in [5.41, 5.74) is 1.64. The Morgan fingerprint density at radius 3 is 2.72 bits per heavy atom. The van der Waals surface area contributed by atoms with Crippen molar-refractivity contribution < 1.29 is 9.21 Å². The molecule has 29 heavy (non-hydrogen) atoms. The molecule has 0 atom stereocenters. The largest absolute Gasteiger partial charge is 0.419 e. The van der Waals surface area contributed by atoms with Crippen LogP contribution in [0.5, 0.6) is 0 Å². The van der Waals surface area contributed by atoms with E-state index in [-0.39, 0.29) is 12.5 Å². The minimum atomic E-state index is -0.0794. The van der Waals surface area contributed by atoms with Crippen LogP contribution in [-0.2, 0) is 17.9 Å². The van der Waals surface area contributed by atoms with Crippen molar-refractivity contribution in [3.05, 3.63) is 70.0 Å². The van der Waals surface area contributed by atoms with E-state index < -0.39 is 0 Å². The molecule has 0 aliphatic heterocycles. The fourth-order valence-corrected chi connectivity index (χ4v) is 3.32. The molecule has 0 saturated carbocycles. The Bertz CT molecular complexity index is 961. The molecule has 1 amide bonds. The van der Waals surface area contributed by atoms with Crippen molar-refractivity contribution in [2.24, 2.45) is 0 Å². The number of carbonyl (C=O) groups is 1. The third-order valence-corrected chi connectivity index (χ3v) is 4.78. The predicted octanol–water partition coefficient (Wildman–Crippen LogP) is 4.57. The molecule has 8 heteroatoms. The SMILES string of the molecule is CCCN(CC(=O)NCc1cccc(Cl)c1)Cc1nnc(-c2ccccc2Cl)o1. The van der Waals surface area contributed by atoms with E-state index in [1.807, 2.05) is 41.3 Å². The van der Waals surface area contributed by atoms with Gasteiger partial charge in [0.05, 0.1) is 23.7 Å². The molecule has 0 spiro atoms. The Morgan fingerprint density at radius 2 is 1.97 bits per heavy atom. The van der Waals surface area contributed by atoms with Gasteiger partial charge >= 0.3 is 0 Å². The van der Waals surface area contributed by atoms with Crippen LogP contribution in [0.2, 0.25) is 10.0 Å². The summed E-state index contributed by atoms with van der Waals surface area (Å²) in [6.07, 6.45) is 0.896. The van der Waals surface area contributed by atoms with Crippen LogP contribution in [-0.4, -0.2) is 34.1 Å². The maximum atomic E-state index is 12.4. The van der Waals surface area contributed by atoms with Crippen LogP contribution in [0, 0.1) is 0 Å². The highest BCUT2D eigenvalue weighted by atomic mass is 35.5. The van der Waals surface area contributed by atoms with E-state index in [2.05, 4.69) is 22.4 Å². The van der Waals surface area contributed by atoms with Crippen LogP contribution < -0.4 is 5.32 Å². The third kappa shape index (κ3) is 6.29. The van der Waals surface area contributed by atoms with Crippen molar-refractivity contribution in [2.45, 2.75) is 26.4 Å². The van der Waals surface area contributed by atoms with Gasteiger partial charge in [0.15, 0.2) is 0 Å². The number of hydrogen-bond donors (Lipinski definition) is 1. The lowest BCUT2D eigenvalue weighted by Crippen LogP contribution is -2.37. The fourth-order valence-electron chi connectivity index (χ4n) is 2.89. The molecule has 1 aromatic heterocycles. The molecule has 0 saturated heterocycles. The summed E-state index contributed by atoms with van der Waals surface area (Å²) in [4.78, 5) is 14.3.